The van der Waals surface area contributed by atoms with E-state index in [1.54, 1.807) is 30.3 Å². The molecule has 1 saturated heterocycles. The lowest BCUT2D eigenvalue weighted by Gasteiger charge is -2.39. The summed E-state index contributed by atoms with van der Waals surface area (Å²) in [7, 11) is 2.86. The summed E-state index contributed by atoms with van der Waals surface area (Å²) in [5.74, 6) is -1.64. The number of hydrogen-bond acceptors (Lipinski definition) is 8. The molecule has 2 aliphatic heterocycles. The van der Waals surface area contributed by atoms with Crippen molar-refractivity contribution in [1.82, 2.24) is 5.32 Å². The fraction of sp³-hybridized carbons (Fsp3) is 0.310. The first kappa shape index (κ1) is 24.8. The van der Waals surface area contributed by atoms with E-state index in [0.717, 1.165) is 11.1 Å². The van der Waals surface area contributed by atoms with E-state index in [2.05, 4.69) is 5.32 Å². The highest BCUT2D eigenvalue weighted by Gasteiger charge is 2.53. The predicted molar refractivity (Wildman–Crippen MR) is 135 cm³/mol. The van der Waals surface area contributed by atoms with Crippen LogP contribution >= 0.6 is 0 Å². The molecule has 2 N–H and O–H groups in total. The largest absolute Gasteiger partial charge is 0.502 e. The Morgan fingerprint density at radius 2 is 1.69 bits per heavy atom. The van der Waals surface area contributed by atoms with Gasteiger partial charge in [-0.05, 0) is 52.6 Å². The number of methoxy groups -OCH3 is 2. The Morgan fingerprint density at radius 3 is 2.36 bits per heavy atom. The number of halogens is 1. The Labute approximate surface area is 223 Å². The maximum Gasteiger partial charge on any atom is 0.310 e. The average molecular weight is 536 g/mol. The summed E-state index contributed by atoms with van der Waals surface area (Å²) in [5.41, 5.74) is 2.39. The van der Waals surface area contributed by atoms with Crippen molar-refractivity contribution in [1.29, 1.82) is 0 Å². The zero-order valence-corrected chi connectivity index (χ0v) is 21.2. The third-order valence-corrected chi connectivity index (χ3v) is 7.67. The van der Waals surface area contributed by atoms with E-state index in [1.807, 2.05) is 12.1 Å². The smallest absolute Gasteiger partial charge is 0.310 e. The van der Waals surface area contributed by atoms with Gasteiger partial charge in [0.25, 0.3) is 0 Å². The average Bonchev–Trinajstić information content (AvgIpc) is 3.55. The first-order valence-electron chi connectivity index (χ1n) is 12.5. The van der Waals surface area contributed by atoms with Crippen LogP contribution in [0.25, 0.3) is 0 Å². The number of esters is 1. The fourth-order valence-electron chi connectivity index (χ4n) is 5.88. The number of carbonyl (C=O) groups excluding carboxylic acids is 2. The number of fused-ring (bicyclic) bond motifs is 3. The van der Waals surface area contributed by atoms with Crippen LogP contribution in [0.15, 0.2) is 48.5 Å². The molecule has 1 aliphatic carbocycles. The Bertz CT molecular complexity index is 1450. The fourth-order valence-corrected chi connectivity index (χ4v) is 5.88. The molecule has 0 aromatic heterocycles. The number of phenols is 1. The number of amides is 1. The van der Waals surface area contributed by atoms with Gasteiger partial charge < -0.3 is 34.1 Å². The van der Waals surface area contributed by atoms with Gasteiger partial charge in [0.15, 0.2) is 23.0 Å². The Hall–Kier alpha value is -4.47. The maximum absolute atomic E-state index is 14.3. The second-order valence-corrected chi connectivity index (χ2v) is 9.72. The van der Waals surface area contributed by atoms with Crippen LogP contribution in [-0.4, -0.2) is 44.6 Å². The summed E-state index contributed by atoms with van der Waals surface area (Å²) < 4.78 is 41.9. The molecule has 3 aromatic rings. The summed E-state index contributed by atoms with van der Waals surface area (Å²) in [6.45, 7) is 0.133. The number of hydrogen-bond donors (Lipinski definition) is 2. The number of ether oxygens (including phenoxy) is 5. The summed E-state index contributed by atoms with van der Waals surface area (Å²) in [6, 6.07) is 12.5. The molecule has 3 aromatic carbocycles. The van der Waals surface area contributed by atoms with Gasteiger partial charge in [-0.2, -0.15) is 0 Å². The number of aromatic hydroxyl groups is 1. The summed E-state index contributed by atoms with van der Waals surface area (Å²) in [4.78, 5) is 26.4. The normalized spacial score (nSPS) is 22.5. The predicted octanol–water partition coefficient (Wildman–Crippen LogP) is 3.61. The molecule has 202 valence electrons. The van der Waals surface area contributed by atoms with Gasteiger partial charge in [0.2, 0.25) is 18.4 Å². The highest BCUT2D eigenvalue weighted by atomic mass is 19.1. The summed E-state index contributed by atoms with van der Waals surface area (Å²) >= 11 is 0. The van der Waals surface area contributed by atoms with Crippen LogP contribution in [0.4, 0.5) is 4.39 Å². The van der Waals surface area contributed by atoms with Crippen molar-refractivity contribution in [2.24, 2.45) is 11.8 Å². The number of nitrogens with one attached hydrogen (secondary N) is 1. The Morgan fingerprint density at radius 1 is 1.03 bits per heavy atom. The molecular weight excluding hydrogens is 509 g/mol. The molecule has 3 aliphatic rings. The van der Waals surface area contributed by atoms with Crippen LogP contribution in [0.3, 0.4) is 0 Å². The topological polar surface area (TPSA) is 113 Å². The van der Waals surface area contributed by atoms with Crippen LogP contribution in [-0.2, 0) is 20.7 Å². The van der Waals surface area contributed by atoms with E-state index in [1.165, 1.54) is 20.3 Å². The van der Waals surface area contributed by atoms with Crippen molar-refractivity contribution in [2.75, 3.05) is 27.6 Å². The van der Waals surface area contributed by atoms with Crippen LogP contribution in [0, 0.1) is 17.7 Å². The van der Waals surface area contributed by atoms with Crippen molar-refractivity contribution in [3.63, 3.8) is 0 Å². The summed E-state index contributed by atoms with van der Waals surface area (Å²) in [6.07, 6.45) is -0.162. The molecule has 6 rings (SSSR count). The first-order chi connectivity index (χ1) is 18.9. The van der Waals surface area contributed by atoms with E-state index < -0.39 is 41.5 Å². The Balaban J connectivity index is 1.47. The number of cyclic esters (lactones) is 1. The number of carbonyl (C=O) groups is 2. The molecule has 2 heterocycles. The number of phenolic OH excluding ortho intramolecular Hbond substituents is 1. The highest BCUT2D eigenvalue weighted by molar-refractivity contribution is 5.82. The maximum atomic E-state index is 14.3. The lowest BCUT2D eigenvalue weighted by molar-refractivity contribution is -0.141. The minimum Gasteiger partial charge on any atom is -0.502 e. The summed E-state index contributed by atoms with van der Waals surface area (Å²) in [5, 5.41) is 13.5. The Kier molecular flexibility index (Phi) is 6.17. The van der Waals surface area contributed by atoms with Crippen molar-refractivity contribution >= 4 is 11.9 Å². The minimum atomic E-state index is -0.671. The van der Waals surface area contributed by atoms with E-state index in [9.17, 15) is 19.1 Å². The van der Waals surface area contributed by atoms with Crippen LogP contribution in [0.2, 0.25) is 0 Å². The molecular formula is C29H26FNO8. The van der Waals surface area contributed by atoms with Crippen molar-refractivity contribution < 1.29 is 42.8 Å². The number of rotatable bonds is 6. The zero-order valence-electron chi connectivity index (χ0n) is 21.2. The molecule has 0 saturated carbocycles. The second-order valence-electron chi connectivity index (χ2n) is 9.72. The van der Waals surface area contributed by atoms with Crippen molar-refractivity contribution in [2.45, 2.75) is 18.4 Å². The molecule has 39 heavy (non-hydrogen) atoms. The van der Waals surface area contributed by atoms with Gasteiger partial charge in [0.1, 0.15) is 5.82 Å². The lowest BCUT2D eigenvalue weighted by atomic mass is 9.65. The van der Waals surface area contributed by atoms with Gasteiger partial charge in [-0.15, -0.1) is 0 Å². The highest BCUT2D eigenvalue weighted by Crippen LogP contribution is 2.55. The van der Waals surface area contributed by atoms with Gasteiger partial charge in [-0.25, -0.2) is 4.39 Å². The van der Waals surface area contributed by atoms with Crippen LogP contribution < -0.4 is 24.3 Å². The van der Waals surface area contributed by atoms with Gasteiger partial charge in [-0.3, -0.25) is 9.59 Å². The molecule has 10 heteroatoms. The van der Waals surface area contributed by atoms with Crippen LogP contribution in [0.5, 0.6) is 28.7 Å². The van der Waals surface area contributed by atoms with E-state index in [4.69, 9.17) is 23.7 Å². The molecule has 1 amide bonds. The molecule has 4 atom stereocenters. The molecule has 9 nitrogen and oxygen atoms in total. The zero-order chi connectivity index (χ0) is 27.3. The molecule has 1 fully saturated rings. The van der Waals surface area contributed by atoms with E-state index in [0.29, 0.717) is 17.1 Å². The van der Waals surface area contributed by atoms with Gasteiger partial charge in [0.05, 0.1) is 39.2 Å². The molecule has 0 unspecified atom stereocenters. The van der Waals surface area contributed by atoms with Gasteiger partial charge >= 0.3 is 5.97 Å². The minimum absolute atomic E-state index is 0.0446. The standard InChI is InChI=1S/C29H26FNO8/c1-35-22-7-15(8-23(36-2)28(22)33)25-16-10-20-21(39-13-38-20)11-17(16)27(18-12-37-29(34)26(18)25)31-24(32)9-14-5-3-4-6-19(14)30/h3-8,10-11,18,25-27,33H,9,12-13H2,1-2H3,(H,31,32)/t18-,25+,26-,27+/m0/s1. The van der Waals surface area contributed by atoms with Crippen molar-refractivity contribution in [3.05, 3.63) is 76.6 Å². The van der Waals surface area contributed by atoms with Crippen molar-refractivity contribution in [3.8, 4) is 28.7 Å². The lowest BCUT2D eigenvalue weighted by Crippen LogP contribution is -2.43. The molecule has 0 spiro atoms. The quantitative estimate of drug-likeness (QED) is 0.461. The van der Waals surface area contributed by atoms with Gasteiger partial charge in [0, 0.05) is 11.8 Å². The van der Waals surface area contributed by atoms with E-state index in [-0.39, 0.29) is 42.6 Å². The SMILES string of the molecule is COc1cc([C@@H]2c3cc4c(cc3[C@@H](NC(=O)Cc3ccccc3F)[C@H]3COC(=O)[C@H]23)OCO4)cc(OC)c1O. The second kappa shape index (κ2) is 9.68. The number of benzene rings is 3. The molecule has 0 bridgehead atoms. The third kappa shape index (κ3) is 4.16. The van der Waals surface area contributed by atoms with E-state index >= 15 is 0 Å². The first-order valence-corrected chi connectivity index (χ1v) is 12.5. The van der Waals surface area contributed by atoms with Gasteiger partial charge in [-0.1, -0.05) is 18.2 Å². The molecule has 0 radical (unpaired) electrons. The monoisotopic (exact) mass is 535 g/mol. The van der Waals surface area contributed by atoms with Crippen LogP contribution in [0.1, 0.15) is 34.2 Å². The third-order valence-electron chi connectivity index (χ3n) is 7.67.